The average molecular weight is 423 g/mol. The highest BCUT2D eigenvalue weighted by Crippen LogP contribution is 2.34. The number of thiophene rings is 1. The number of halogens is 2. The van der Waals surface area contributed by atoms with E-state index in [1.165, 1.54) is 14.2 Å². The second-order valence-electron chi connectivity index (χ2n) is 3.44. The molecule has 0 saturated heterocycles. The molecule has 1 heterocycles. The van der Waals surface area contributed by atoms with Crippen LogP contribution in [0.3, 0.4) is 0 Å². The van der Waals surface area contributed by atoms with Crippen molar-refractivity contribution in [3.05, 3.63) is 14.3 Å². The number of sulfonamides is 1. The van der Waals surface area contributed by atoms with Gasteiger partial charge in [-0.2, -0.15) is 0 Å². The molecule has 0 aliphatic carbocycles. The maximum atomic E-state index is 12.1. The molecule has 104 valence electrons. The van der Waals surface area contributed by atoms with E-state index in [1.807, 2.05) is 0 Å². The van der Waals surface area contributed by atoms with Crippen molar-refractivity contribution >= 4 is 53.2 Å². The van der Waals surface area contributed by atoms with Crippen molar-refractivity contribution < 1.29 is 17.9 Å². The lowest BCUT2D eigenvalue weighted by molar-refractivity contribution is -0.115. The minimum Gasteiger partial charge on any atom is -0.354 e. The minimum atomic E-state index is -3.58. The summed E-state index contributed by atoms with van der Waals surface area (Å²) in [5.41, 5.74) is 0. The predicted octanol–water partition coefficient (Wildman–Crippen LogP) is 2.56. The second-order valence-corrected chi connectivity index (χ2v) is 8.60. The van der Waals surface area contributed by atoms with Crippen molar-refractivity contribution in [2.45, 2.75) is 23.5 Å². The van der Waals surface area contributed by atoms with Crippen molar-refractivity contribution in [3.63, 3.8) is 0 Å². The van der Waals surface area contributed by atoms with Crippen LogP contribution in [0.1, 0.15) is 6.92 Å². The van der Waals surface area contributed by atoms with Crippen molar-refractivity contribution in [2.24, 2.45) is 0 Å². The van der Waals surface area contributed by atoms with Gasteiger partial charge in [0.25, 0.3) is 10.0 Å². The van der Waals surface area contributed by atoms with Gasteiger partial charge in [0.15, 0.2) is 6.29 Å². The molecule has 1 aromatic rings. The molecule has 1 atom stereocenters. The van der Waals surface area contributed by atoms with Crippen LogP contribution >= 0.6 is 43.2 Å². The molecule has 0 amide bonds. The average Bonchev–Trinajstić information content (AvgIpc) is 2.61. The topological polar surface area (TPSA) is 64.6 Å². The van der Waals surface area contributed by atoms with Crippen LogP contribution in [0.25, 0.3) is 0 Å². The molecular formula is C9H13Br2NO4S2. The minimum absolute atomic E-state index is 0.221. The standard InChI is InChI=1S/C9H13Br2NO4S2/c1-5(9(15-2)16-3)12-18(13,14)7-4-6(10)8(11)17-7/h4-5,9,12H,1-3H3. The lowest BCUT2D eigenvalue weighted by Crippen LogP contribution is -2.42. The fourth-order valence-corrected chi connectivity index (χ4v) is 5.39. The van der Waals surface area contributed by atoms with Crippen LogP contribution in [-0.2, 0) is 19.5 Å². The van der Waals surface area contributed by atoms with Crippen LogP contribution < -0.4 is 4.72 Å². The van der Waals surface area contributed by atoms with Gasteiger partial charge in [-0.15, -0.1) is 11.3 Å². The van der Waals surface area contributed by atoms with E-state index in [4.69, 9.17) is 9.47 Å². The Morgan fingerprint density at radius 1 is 1.33 bits per heavy atom. The Bertz CT molecular complexity index is 479. The van der Waals surface area contributed by atoms with Gasteiger partial charge in [0.2, 0.25) is 0 Å². The normalized spacial score (nSPS) is 14.1. The number of methoxy groups -OCH3 is 2. The molecule has 9 heteroatoms. The first kappa shape index (κ1) is 16.5. The zero-order chi connectivity index (χ0) is 13.9. The van der Waals surface area contributed by atoms with E-state index in [9.17, 15) is 8.42 Å². The first-order chi connectivity index (χ1) is 8.31. The fourth-order valence-electron chi connectivity index (χ4n) is 1.32. The van der Waals surface area contributed by atoms with Crippen molar-refractivity contribution in [3.8, 4) is 0 Å². The largest absolute Gasteiger partial charge is 0.354 e. The molecule has 0 spiro atoms. The molecule has 1 rings (SSSR count). The van der Waals surface area contributed by atoms with E-state index in [0.717, 1.165) is 15.1 Å². The van der Waals surface area contributed by atoms with E-state index in [0.29, 0.717) is 4.47 Å². The lowest BCUT2D eigenvalue weighted by atomic mass is 10.3. The van der Waals surface area contributed by atoms with Crippen LogP contribution in [0.15, 0.2) is 18.5 Å². The van der Waals surface area contributed by atoms with Gasteiger partial charge in [-0.25, -0.2) is 13.1 Å². The zero-order valence-electron chi connectivity index (χ0n) is 9.94. The molecule has 0 aliphatic rings. The molecule has 5 nitrogen and oxygen atoms in total. The Labute approximate surface area is 127 Å². The van der Waals surface area contributed by atoms with Gasteiger partial charge >= 0.3 is 0 Å². The summed E-state index contributed by atoms with van der Waals surface area (Å²) in [6.45, 7) is 1.67. The Balaban J connectivity index is 2.88. The number of hydrogen-bond acceptors (Lipinski definition) is 5. The highest BCUT2D eigenvalue weighted by atomic mass is 79.9. The monoisotopic (exact) mass is 421 g/mol. The van der Waals surface area contributed by atoms with Gasteiger partial charge in [0.1, 0.15) is 4.21 Å². The van der Waals surface area contributed by atoms with E-state index >= 15 is 0 Å². The quantitative estimate of drug-likeness (QED) is 0.715. The highest BCUT2D eigenvalue weighted by Gasteiger charge is 2.25. The summed E-state index contributed by atoms with van der Waals surface area (Å²) in [5, 5.41) is 0. The van der Waals surface area contributed by atoms with Crippen LogP contribution in [0.2, 0.25) is 0 Å². The number of hydrogen-bond donors (Lipinski definition) is 1. The number of ether oxygens (including phenoxy) is 2. The predicted molar refractivity (Wildman–Crippen MR) is 77.3 cm³/mol. The molecule has 0 aromatic carbocycles. The molecule has 18 heavy (non-hydrogen) atoms. The highest BCUT2D eigenvalue weighted by molar-refractivity contribution is 9.13. The fraction of sp³-hybridized carbons (Fsp3) is 0.556. The summed E-state index contributed by atoms with van der Waals surface area (Å²) in [6, 6.07) is 1.04. The third-order valence-corrected chi connectivity index (χ3v) is 7.39. The zero-order valence-corrected chi connectivity index (χ0v) is 14.7. The van der Waals surface area contributed by atoms with Gasteiger partial charge in [-0.3, -0.25) is 0 Å². The third-order valence-electron chi connectivity index (χ3n) is 2.10. The van der Waals surface area contributed by atoms with Gasteiger partial charge < -0.3 is 9.47 Å². The summed E-state index contributed by atoms with van der Waals surface area (Å²) in [7, 11) is -0.667. The summed E-state index contributed by atoms with van der Waals surface area (Å²) < 4.78 is 38.4. The van der Waals surface area contributed by atoms with E-state index < -0.39 is 22.4 Å². The van der Waals surface area contributed by atoms with Gasteiger partial charge in [-0.05, 0) is 44.8 Å². The summed E-state index contributed by atoms with van der Waals surface area (Å²) in [4.78, 5) is 0. The maximum Gasteiger partial charge on any atom is 0.250 e. The van der Waals surface area contributed by atoms with Crippen LogP contribution in [0.5, 0.6) is 0 Å². The Kier molecular flexibility index (Phi) is 6.23. The smallest absolute Gasteiger partial charge is 0.250 e. The Hall–Kier alpha value is 0.490. The lowest BCUT2D eigenvalue weighted by Gasteiger charge is -2.21. The van der Waals surface area contributed by atoms with Crippen LogP contribution in [-0.4, -0.2) is 35.0 Å². The van der Waals surface area contributed by atoms with Crippen LogP contribution in [0.4, 0.5) is 0 Å². The molecule has 0 fully saturated rings. The van der Waals surface area contributed by atoms with Crippen LogP contribution in [0, 0.1) is 0 Å². The Morgan fingerprint density at radius 3 is 2.28 bits per heavy atom. The first-order valence-electron chi connectivity index (χ1n) is 4.84. The molecule has 0 aliphatic heterocycles. The van der Waals surface area contributed by atoms with Gasteiger partial charge in [0.05, 0.1) is 9.83 Å². The Morgan fingerprint density at radius 2 is 1.89 bits per heavy atom. The molecule has 0 radical (unpaired) electrons. The van der Waals surface area contributed by atoms with Gasteiger partial charge in [0, 0.05) is 18.7 Å². The van der Waals surface area contributed by atoms with E-state index in [2.05, 4.69) is 36.6 Å². The summed E-state index contributed by atoms with van der Waals surface area (Å²) in [5.74, 6) is 0. The van der Waals surface area contributed by atoms with Gasteiger partial charge in [-0.1, -0.05) is 0 Å². The van der Waals surface area contributed by atoms with Crippen molar-refractivity contribution in [2.75, 3.05) is 14.2 Å². The molecular weight excluding hydrogens is 410 g/mol. The SMILES string of the molecule is COC(OC)C(C)NS(=O)(=O)c1cc(Br)c(Br)s1. The van der Waals surface area contributed by atoms with Crippen molar-refractivity contribution in [1.29, 1.82) is 0 Å². The molecule has 0 saturated carbocycles. The van der Waals surface area contributed by atoms with E-state index in [-0.39, 0.29) is 4.21 Å². The number of nitrogens with one attached hydrogen (secondary N) is 1. The third kappa shape index (κ3) is 3.99. The molecule has 1 N–H and O–H groups in total. The summed E-state index contributed by atoms with van der Waals surface area (Å²) >= 11 is 7.64. The van der Waals surface area contributed by atoms with E-state index in [1.54, 1.807) is 13.0 Å². The number of rotatable bonds is 6. The molecule has 1 aromatic heterocycles. The van der Waals surface area contributed by atoms with Crippen molar-refractivity contribution in [1.82, 2.24) is 4.72 Å². The first-order valence-corrected chi connectivity index (χ1v) is 8.73. The summed E-state index contributed by atoms with van der Waals surface area (Å²) in [6.07, 6.45) is -0.633. The molecule has 1 unspecified atom stereocenters. The maximum absolute atomic E-state index is 12.1. The second kappa shape index (κ2) is 6.78. The molecule has 0 bridgehead atoms.